The molecule has 1 aromatic heterocycles. The smallest absolute Gasteiger partial charge is 0.179 e. The first-order chi connectivity index (χ1) is 8.07. The molecule has 90 valence electrons. The van der Waals surface area contributed by atoms with Gasteiger partial charge in [0.1, 0.15) is 0 Å². The highest BCUT2D eigenvalue weighted by atomic mass is 35.5. The van der Waals surface area contributed by atoms with Crippen molar-refractivity contribution in [2.24, 2.45) is 7.05 Å². The van der Waals surface area contributed by atoms with Gasteiger partial charge in [0.05, 0.1) is 17.1 Å². The molecule has 0 saturated heterocycles. The van der Waals surface area contributed by atoms with Gasteiger partial charge in [-0.25, -0.2) is 0 Å². The fraction of sp³-hybridized carbons (Fsp3) is 0.308. The molecule has 1 aromatic carbocycles. The van der Waals surface area contributed by atoms with Crippen LogP contribution in [-0.2, 0) is 7.05 Å². The number of rotatable bonds is 3. The number of carbonyl (C=O) groups is 1. The molecule has 17 heavy (non-hydrogen) atoms. The minimum absolute atomic E-state index is 0.0952. The van der Waals surface area contributed by atoms with Crippen LogP contribution in [0.25, 0.3) is 10.9 Å². The summed E-state index contributed by atoms with van der Waals surface area (Å²) in [6.45, 7) is 2.28. The highest BCUT2D eigenvalue weighted by Crippen LogP contribution is 2.30. The van der Waals surface area contributed by atoms with Gasteiger partial charge in [-0.3, -0.25) is 4.79 Å². The van der Waals surface area contributed by atoms with Crippen LogP contribution in [0.2, 0.25) is 5.02 Å². The zero-order valence-electron chi connectivity index (χ0n) is 10.2. The lowest BCUT2D eigenvalue weighted by atomic mass is 10.1. The Kier molecular flexibility index (Phi) is 3.22. The maximum Gasteiger partial charge on any atom is 0.179 e. The van der Waals surface area contributed by atoms with E-state index in [2.05, 4.69) is 5.32 Å². The number of fused-ring (bicyclic) bond motifs is 1. The van der Waals surface area contributed by atoms with Gasteiger partial charge in [0.25, 0.3) is 0 Å². The van der Waals surface area contributed by atoms with E-state index in [1.165, 1.54) is 0 Å². The number of Topliss-reactive ketones (excluding diaryl/α,β-unsaturated/α-hetero) is 1. The number of para-hydroxylation sites is 1. The highest BCUT2D eigenvalue weighted by Gasteiger charge is 2.18. The van der Waals surface area contributed by atoms with Gasteiger partial charge in [0.15, 0.2) is 5.78 Å². The van der Waals surface area contributed by atoms with Crippen LogP contribution >= 0.6 is 11.6 Å². The Labute approximate surface area is 105 Å². The molecule has 1 heterocycles. The molecule has 2 rings (SSSR count). The lowest BCUT2D eigenvalue weighted by molar-refractivity contribution is 0.0994. The van der Waals surface area contributed by atoms with Gasteiger partial charge in [-0.2, -0.15) is 0 Å². The summed E-state index contributed by atoms with van der Waals surface area (Å²) in [5, 5.41) is 4.50. The second kappa shape index (κ2) is 4.51. The Bertz CT molecular complexity index is 587. The number of hydrogen-bond acceptors (Lipinski definition) is 2. The molecular weight excluding hydrogens is 236 g/mol. The summed E-state index contributed by atoms with van der Waals surface area (Å²) < 4.78 is 1.97. The van der Waals surface area contributed by atoms with Gasteiger partial charge in [-0.15, -0.1) is 0 Å². The van der Waals surface area contributed by atoms with Gasteiger partial charge in [-0.05, 0) is 20.0 Å². The lowest BCUT2D eigenvalue weighted by Crippen LogP contribution is -2.19. The maximum absolute atomic E-state index is 12.1. The largest absolute Gasteiger partial charge is 0.346 e. The van der Waals surface area contributed by atoms with Gasteiger partial charge in [0, 0.05) is 23.7 Å². The molecule has 0 aliphatic rings. The highest BCUT2D eigenvalue weighted by molar-refractivity contribution is 6.35. The fourth-order valence-electron chi connectivity index (χ4n) is 2.19. The minimum atomic E-state index is 0.0952. The van der Waals surface area contributed by atoms with Crippen LogP contribution < -0.4 is 5.32 Å². The molecule has 0 aliphatic heterocycles. The lowest BCUT2D eigenvalue weighted by Gasteiger charge is -2.01. The molecule has 0 saturated carbocycles. The van der Waals surface area contributed by atoms with Crippen LogP contribution in [0.1, 0.15) is 16.1 Å². The van der Waals surface area contributed by atoms with E-state index in [0.717, 1.165) is 22.2 Å². The summed E-state index contributed by atoms with van der Waals surface area (Å²) in [5.74, 6) is 0.0952. The molecule has 0 bridgehead atoms. The van der Waals surface area contributed by atoms with Crippen molar-refractivity contribution in [1.29, 1.82) is 0 Å². The quantitative estimate of drug-likeness (QED) is 0.850. The summed E-state index contributed by atoms with van der Waals surface area (Å²) in [6.07, 6.45) is 0. The van der Waals surface area contributed by atoms with Crippen molar-refractivity contribution in [3.63, 3.8) is 0 Å². The van der Waals surface area contributed by atoms with Crippen LogP contribution in [0.3, 0.4) is 0 Å². The monoisotopic (exact) mass is 250 g/mol. The van der Waals surface area contributed by atoms with E-state index in [1.807, 2.05) is 36.7 Å². The zero-order valence-corrected chi connectivity index (χ0v) is 10.9. The Morgan fingerprint density at radius 3 is 2.82 bits per heavy atom. The number of aromatic nitrogens is 1. The number of nitrogens with zero attached hydrogens (tertiary/aromatic N) is 1. The van der Waals surface area contributed by atoms with E-state index < -0.39 is 0 Å². The van der Waals surface area contributed by atoms with Gasteiger partial charge >= 0.3 is 0 Å². The third kappa shape index (κ3) is 1.85. The first kappa shape index (κ1) is 12.1. The average molecular weight is 251 g/mol. The maximum atomic E-state index is 12.1. The van der Waals surface area contributed by atoms with Crippen molar-refractivity contribution >= 4 is 28.3 Å². The normalized spacial score (nSPS) is 11.1. The molecular formula is C13H15ClN2O. The number of ketones is 1. The molecule has 0 fully saturated rings. The first-order valence-corrected chi connectivity index (χ1v) is 5.87. The number of aryl methyl sites for hydroxylation is 1. The first-order valence-electron chi connectivity index (χ1n) is 5.49. The van der Waals surface area contributed by atoms with E-state index in [4.69, 9.17) is 11.6 Å². The molecule has 0 aliphatic carbocycles. The number of carbonyl (C=O) groups excluding carboxylic acids is 1. The fourth-order valence-corrected chi connectivity index (χ4v) is 2.49. The zero-order chi connectivity index (χ0) is 12.6. The number of halogens is 1. The average Bonchev–Trinajstić information content (AvgIpc) is 2.53. The predicted molar refractivity (Wildman–Crippen MR) is 70.9 cm³/mol. The van der Waals surface area contributed by atoms with Crippen LogP contribution in [0.4, 0.5) is 0 Å². The standard InChI is InChI=1S/C13H15ClN2O/c1-8-12(11(17)7-15-2)9-5-4-6-10(14)13(9)16(8)3/h4-6,15H,7H2,1-3H3. The molecule has 1 N–H and O–H groups in total. The molecule has 0 unspecified atom stereocenters. The number of likely N-dealkylation sites (N-methyl/N-ethyl adjacent to an activating group) is 1. The van der Waals surface area contributed by atoms with Crippen LogP contribution in [0, 0.1) is 6.92 Å². The van der Waals surface area contributed by atoms with Crippen molar-refractivity contribution < 1.29 is 4.79 Å². The summed E-state index contributed by atoms with van der Waals surface area (Å²) >= 11 is 6.18. The molecule has 0 amide bonds. The Morgan fingerprint density at radius 1 is 1.47 bits per heavy atom. The SMILES string of the molecule is CNCC(=O)c1c(C)n(C)c2c(Cl)cccc12. The van der Waals surface area contributed by atoms with Crippen molar-refractivity contribution in [2.75, 3.05) is 13.6 Å². The molecule has 4 heteroatoms. The van der Waals surface area contributed by atoms with Crippen molar-refractivity contribution in [3.8, 4) is 0 Å². The number of nitrogens with one attached hydrogen (secondary N) is 1. The second-order valence-electron chi connectivity index (χ2n) is 4.11. The number of hydrogen-bond donors (Lipinski definition) is 1. The molecule has 0 radical (unpaired) electrons. The van der Waals surface area contributed by atoms with E-state index in [-0.39, 0.29) is 5.78 Å². The van der Waals surface area contributed by atoms with Gasteiger partial charge in [-0.1, -0.05) is 23.7 Å². The molecule has 0 spiro atoms. The molecule has 3 nitrogen and oxygen atoms in total. The minimum Gasteiger partial charge on any atom is -0.346 e. The topological polar surface area (TPSA) is 34.0 Å². The van der Waals surface area contributed by atoms with Crippen molar-refractivity contribution in [1.82, 2.24) is 9.88 Å². The third-order valence-electron chi connectivity index (χ3n) is 3.07. The Hall–Kier alpha value is -1.32. The van der Waals surface area contributed by atoms with E-state index in [9.17, 15) is 4.79 Å². The van der Waals surface area contributed by atoms with Crippen LogP contribution in [0.15, 0.2) is 18.2 Å². The van der Waals surface area contributed by atoms with E-state index >= 15 is 0 Å². The Morgan fingerprint density at radius 2 is 2.18 bits per heavy atom. The Balaban J connectivity index is 2.76. The van der Waals surface area contributed by atoms with E-state index in [1.54, 1.807) is 7.05 Å². The molecule has 0 atom stereocenters. The van der Waals surface area contributed by atoms with Crippen LogP contribution in [0.5, 0.6) is 0 Å². The van der Waals surface area contributed by atoms with Crippen molar-refractivity contribution in [3.05, 3.63) is 34.5 Å². The second-order valence-corrected chi connectivity index (χ2v) is 4.52. The molecule has 2 aromatic rings. The summed E-state index contributed by atoms with van der Waals surface area (Å²) in [4.78, 5) is 12.1. The summed E-state index contributed by atoms with van der Waals surface area (Å²) in [7, 11) is 3.70. The van der Waals surface area contributed by atoms with Crippen molar-refractivity contribution in [2.45, 2.75) is 6.92 Å². The van der Waals surface area contributed by atoms with Gasteiger partial charge < -0.3 is 9.88 Å². The third-order valence-corrected chi connectivity index (χ3v) is 3.38. The van der Waals surface area contributed by atoms with Crippen LogP contribution in [-0.4, -0.2) is 23.9 Å². The van der Waals surface area contributed by atoms with E-state index in [0.29, 0.717) is 11.6 Å². The van der Waals surface area contributed by atoms with Gasteiger partial charge in [0.2, 0.25) is 0 Å². The summed E-state index contributed by atoms with van der Waals surface area (Å²) in [6, 6.07) is 5.66. The summed E-state index contributed by atoms with van der Waals surface area (Å²) in [5.41, 5.74) is 2.64. The predicted octanol–water partition coefficient (Wildman–Crippen LogP) is 2.54. The number of benzene rings is 1.